The lowest BCUT2D eigenvalue weighted by Crippen LogP contribution is -2.31. The minimum atomic E-state index is -0.491. The number of hydrogen-bond donors (Lipinski definition) is 0. The number of anilines is 2. The van der Waals surface area contributed by atoms with Crippen molar-refractivity contribution in [1.82, 2.24) is 18.3 Å². The summed E-state index contributed by atoms with van der Waals surface area (Å²) in [5.74, 6) is -1.97. The Balaban J connectivity index is 0.847. The van der Waals surface area contributed by atoms with E-state index in [1.807, 2.05) is 24.3 Å². The molecule has 2 aliphatic rings. The fourth-order valence-electron chi connectivity index (χ4n) is 14.7. The van der Waals surface area contributed by atoms with E-state index in [-0.39, 0.29) is 22.3 Å². The fraction of sp³-hybridized carbons (Fsp3) is 0.103. The molecule has 0 N–H and O–H groups in total. The van der Waals surface area contributed by atoms with E-state index in [1.165, 1.54) is 9.80 Å². The van der Waals surface area contributed by atoms with E-state index in [9.17, 15) is 0 Å². The lowest BCUT2D eigenvalue weighted by Gasteiger charge is -2.18. The lowest BCUT2D eigenvalue weighted by atomic mass is 10.0. The van der Waals surface area contributed by atoms with Crippen molar-refractivity contribution in [3.05, 3.63) is 261 Å². The van der Waals surface area contributed by atoms with Gasteiger partial charge < -0.3 is 18.3 Å². The largest absolute Gasteiger partial charge is 0.308 e. The topological polar surface area (TPSA) is 94.5 Å². The van der Waals surface area contributed by atoms with Gasteiger partial charge in [-0.2, -0.15) is 0 Å². The zero-order valence-corrected chi connectivity index (χ0v) is 49.8. The number of nitrogens with zero attached hydrogens (tertiary/aromatic N) is 6. The van der Waals surface area contributed by atoms with Crippen LogP contribution >= 0.6 is 0 Å². The van der Waals surface area contributed by atoms with E-state index < -0.39 is 23.6 Å². The maximum Gasteiger partial charge on any atom is 0.268 e. The summed E-state index contributed by atoms with van der Waals surface area (Å²) in [7, 11) is 0. The van der Waals surface area contributed by atoms with E-state index in [0.29, 0.717) is 34.1 Å². The van der Waals surface area contributed by atoms with Crippen LogP contribution in [0.3, 0.4) is 0 Å². The van der Waals surface area contributed by atoms with E-state index >= 15 is 19.2 Å². The molecule has 0 unspecified atom stereocenters. The normalized spacial score (nSPS) is 13.5. The summed E-state index contributed by atoms with van der Waals surface area (Å²) in [6.07, 6.45) is 0. The monoisotopic (exact) mass is 1140 g/mol. The fourth-order valence-corrected chi connectivity index (χ4v) is 14.7. The molecule has 0 radical (unpaired) electrons. The van der Waals surface area contributed by atoms with Crippen LogP contribution < -0.4 is 9.80 Å². The van der Waals surface area contributed by atoms with Gasteiger partial charge in [0, 0.05) is 43.1 Å². The number of hydrogen-bond acceptors (Lipinski definition) is 4. The van der Waals surface area contributed by atoms with Gasteiger partial charge in [-0.05, 0) is 201 Å². The zero-order chi connectivity index (χ0) is 60.0. The lowest BCUT2D eigenvalue weighted by molar-refractivity contribution is 0.0909. The number of rotatable bonds is 6. The van der Waals surface area contributed by atoms with E-state index in [1.54, 1.807) is 24.3 Å². The highest BCUT2D eigenvalue weighted by molar-refractivity contribution is 6.39. The molecule has 10 heteroatoms. The highest BCUT2D eigenvalue weighted by Crippen LogP contribution is 2.46. The number of carbonyl (C=O) groups is 4. The van der Waals surface area contributed by atoms with Gasteiger partial charge in [0.1, 0.15) is 0 Å². The predicted octanol–water partition coefficient (Wildman–Crippen LogP) is 18.1. The quantitative estimate of drug-likeness (QED) is 0.155. The van der Waals surface area contributed by atoms with Crippen LogP contribution in [0.2, 0.25) is 0 Å². The number of amides is 4. The first-order chi connectivity index (χ1) is 42.6. The molecule has 422 valence electrons. The summed E-state index contributed by atoms with van der Waals surface area (Å²) < 4.78 is 8.48. The number of imide groups is 2. The summed E-state index contributed by atoms with van der Waals surface area (Å²) in [5, 5.41) is 8.35. The second-order valence-electron chi connectivity index (χ2n) is 24.6. The summed E-state index contributed by atoms with van der Waals surface area (Å²) in [5.41, 5.74) is 20.1. The average Bonchev–Trinajstić information content (AvgIpc) is 1.57. The molecule has 4 amide bonds. The summed E-state index contributed by atoms with van der Waals surface area (Å²) in [6, 6.07) is 65.5. The molecule has 0 spiro atoms. The number of aryl methyl sites for hydroxylation is 8. The van der Waals surface area contributed by atoms with Gasteiger partial charge >= 0.3 is 0 Å². The molecule has 17 rings (SSSR count). The number of fused-ring (bicyclic) bond motifs is 14. The second-order valence-corrected chi connectivity index (χ2v) is 24.6. The van der Waals surface area contributed by atoms with Crippen LogP contribution in [0.15, 0.2) is 194 Å². The van der Waals surface area contributed by atoms with Crippen molar-refractivity contribution in [2.45, 2.75) is 55.4 Å². The van der Waals surface area contributed by atoms with Crippen molar-refractivity contribution < 1.29 is 19.2 Å². The Bertz CT molecular complexity index is 4850. The maximum atomic E-state index is 15.9. The van der Waals surface area contributed by atoms with Gasteiger partial charge in [0.25, 0.3) is 23.6 Å². The van der Waals surface area contributed by atoms with Crippen LogP contribution in [0, 0.1) is 55.4 Å². The number of aromatic nitrogens is 4. The third-order valence-corrected chi connectivity index (χ3v) is 18.6. The third kappa shape index (κ3) is 7.05. The first kappa shape index (κ1) is 51.3. The molecule has 0 bridgehead atoms. The molecule has 0 atom stereocenters. The molecular weight excluding hydrogens is 1080 g/mol. The van der Waals surface area contributed by atoms with E-state index in [4.69, 9.17) is 0 Å². The molecule has 0 fully saturated rings. The van der Waals surface area contributed by atoms with Gasteiger partial charge in [-0.15, -0.1) is 0 Å². The van der Waals surface area contributed by atoms with Crippen LogP contribution in [0.4, 0.5) is 11.4 Å². The van der Waals surface area contributed by atoms with Crippen molar-refractivity contribution in [3.63, 3.8) is 0 Å². The second kappa shape index (κ2) is 18.2. The Morgan fingerprint density at radius 3 is 0.523 bits per heavy atom. The van der Waals surface area contributed by atoms with Crippen LogP contribution in [0.25, 0.3) is 110 Å². The minimum absolute atomic E-state index is 0.270. The van der Waals surface area contributed by atoms with Gasteiger partial charge in [-0.25, -0.2) is 9.80 Å². The molecule has 15 aromatic rings. The molecule has 4 aromatic heterocycles. The molecule has 10 nitrogen and oxygen atoms in total. The first-order valence-corrected chi connectivity index (χ1v) is 29.9. The Morgan fingerprint density at radius 1 is 0.205 bits per heavy atom. The van der Waals surface area contributed by atoms with Gasteiger partial charge in [0.2, 0.25) is 0 Å². The van der Waals surface area contributed by atoms with Crippen LogP contribution in [0.1, 0.15) is 85.9 Å². The molecular formula is C78H56N6O4. The summed E-state index contributed by atoms with van der Waals surface area (Å²) >= 11 is 0. The smallest absolute Gasteiger partial charge is 0.268 e. The van der Waals surface area contributed by atoms with Crippen molar-refractivity contribution in [2.75, 3.05) is 9.80 Å². The highest BCUT2D eigenvalue weighted by Gasteiger charge is 2.45. The van der Waals surface area contributed by atoms with Crippen LogP contribution in [-0.2, 0) is 0 Å². The van der Waals surface area contributed by atoms with Crippen molar-refractivity contribution >= 4 is 122 Å². The van der Waals surface area contributed by atoms with Crippen LogP contribution in [-0.4, -0.2) is 41.9 Å². The molecule has 2 aliphatic heterocycles. The standard InChI is InChI=1S/C78H56N6O4/c1-41-9-21-59-51(33-41)52-34-42(2)10-22-60(52)81(59)67-29-30-68(82-61-23-11-43(3)35-53(61)54-36-44(4)12-24-62(54)82)72-71(67)75(85)79(76(72)86)49-17-19-50(20-18-49)80-77(87)73-69(83-63-25-13-45(5)37-55(63)56-38-46(6)14-26-64(56)83)31-32-70(74(73)78(80)88)84-65-27-15-47(7)39-57(65)58-40-48(8)16-28-66(58)84/h9-40H,1-8H3. The van der Waals surface area contributed by atoms with Gasteiger partial charge in [0.15, 0.2) is 0 Å². The maximum absolute atomic E-state index is 15.9. The Kier molecular flexibility index (Phi) is 10.6. The predicted molar refractivity (Wildman–Crippen MR) is 357 cm³/mol. The highest BCUT2D eigenvalue weighted by atomic mass is 16.2. The minimum Gasteiger partial charge on any atom is -0.308 e. The average molecular weight is 1140 g/mol. The van der Waals surface area contributed by atoms with Gasteiger partial charge in [-0.1, -0.05) is 93.0 Å². The number of benzene rings is 11. The molecule has 0 saturated heterocycles. The number of carbonyl (C=O) groups excluding carboxylic acids is 4. The SMILES string of the molecule is Cc1ccc2c(c1)c1cc(C)ccc1n2-c1ccc(-n2c3ccc(C)cc3c3cc(C)ccc32)c2c1C(=O)N(c1ccc(N3C(=O)c4c(-n5c6ccc(C)cc6c6cc(C)ccc65)ccc(-n5c6ccc(C)cc6c6cc(C)ccc65)c4C3=O)cc1)C2=O. The van der Waals surface area contributed by atoms with E-state index in [0.717, 1.165) is 132 Å². The van der Waals surface area contributed by atoms with Gasteiger partial charge in [0.05, 0.1) is 101 Å². The summed E-state index contributed by atoms with van der Waals surface area (Å²) in [4.78, 5) is 66.3. The van der Waals surface area contributed by atoms with Crippen molar-refractivity contribution in [2.24, 2.45) is 0 Å². The zero-order valence-electron chi connectivity index (χ0n) is 49.8. The molecule has 6 heterocycles. The summed E-state index contributed by atoms with van der Waals surface area (Å²) in [6.45, 7) is 16.6. The molecule has 88 heavy (non-hydrogen) atoms. The Labute approximate surface area is 505 Å². The van der Waals surface area contributed by atoms with Crippen molar-refractivity contribution in [3.8, 4) is 22.7 Å². The van der Waals surface area contributed by atoms with Crippen LogP contribution in [0.5, 0.6) is 0 Å². The van der Waals surface area contributed by atoms with Crippen molar-refractivity contribution in [1.29, 1.82) is 0 Å². The molecule has 0 aliphatic carbocycles. The first-order valence-electron chi connectivity index (χ1n) is 29.9. The Morgan fingerprint density at radius 2 is 0.364 bits per heavy atom. The Hall–Kier alpha value is -11.1. The molecule has 0 saturated carbocycles. The third-order valence-electron chi connectivity index (χ3n) is 18.6. The van der Waals surface area contributed by atoms with E-state index in [2.05, 4.69) is 219 Å². The molecule has 11 aromatic carbocycles. The van der Waals surface area contributed by atoms with Gasteiger partial charge in [-0.3, -0.25) is 19.2 Å².